The minimum atomic E-state index is -0.287. The first kappa shape index (κ1) is 15.0. The summed E-state index contributed by atoms with van der Waals surface area (Å²) >= 11 is 0. The second-order valence-corrected chi connectivity index (χ2v) is 5.48. The first-order chi connectivity index (χ1) is 8.42. The van der Waals surface area contributed by atoms with Crippen molar-refractivity contribution >= 4 is 0 Å². The Kier molecular flexibility index (Phi) is 5.15. The molecule has 0 saturated carbocycles. The van der Waals surface area contributed by atoms with Crippen molar-refractivity contribution in [2.45, 2.75) is 27.2 Å². The average molecular weight is 253 g/mol. The van der Waals surface area contributed by atoms with Crippen molar-refractivity contribution in [1.82, 2.24) is 5.32 Å². The van der Waals surface area contributed by atoms with E-state index >= 15 is 0 Å². The lowest BCUT2D eigenvalue weighted by atomic mass is 9.74. The minimum absolute atomic E-state index is 0.121. The molecule has 0 aliphatic heterocycles. The smallest absolute Gasteiger partial charge is 0.165 e. The van der Waals surface area contributed by atoms with Gasteiger partial charge in [-0.2, -0.15) is 0 Å². The summed E-state index contributed by atoms with van der Waals surface area (Å²) in [6.07, 6.45) is 0.854. The summed E-state index contributed by atoms with van der Waals surface area (Å²) in [5, 5.41) is 3.23. The Morgan fingerprint density at radius 3 is 2.50 bits per heavy atom. The summed E-state index contributed by atoms with van der Waals surface area (Å²) in [4.78, 5) is 0. The molecule has 0 amide bonds. The fourth-order valence-corrected chi connectivity index (χ4v) is 2.16. The maximum atomic E-state index is 13.7. The zero-order valence-electron chi connectivity index (χ0n) is 12.0. The van der Waals surface area contributed by atoms with Crippen LogP contribution in [0.5, 0.6) is 5.75 Å². The molecule has 1 aromatic rings. The van der Waals surface area contributed by atoms with Gasteiger partial charge in [0.1, 0.15) is 0 Å². The number of halogens is 1. The maximum Gasteiger partial charge on any atom is 0.165 e. The second kappa shape index (κ2) is 6.19. The van der Waals surface area contributed by atoms with Gasteiger partial charge in [0.15, 0.2) is 11.6 Å². The van der Waals surface area contributed by atoms with E-state index in [9.17, 15) is 4.39 Å². The predicted molar refractivity (Wildman–Crippen MR) is 73.5 cm³/mol. The van der Waals surface area contributed by atoms with Crippen molar-refractivity contribution in [1.29, 1.82) is 0 Å². The summed E-state index contributed by atoms with van der Waals surface area (Å²) < 4.78 is 18.6. The molecule has 0 aliphatic rings. The highest BCUT2D eigenvalue weighted by Crippen LogP contribution is 2.31. The van der Waals surface area contributed by atoms with Crippen LogP contribution in [0.25, 0.3) is 0 Å². The van der Waals surface area contributed by atoms with Crippen molar-refractivity contribution in [2.24, 2.45) is 11.3 Å². The zero-order chi connectivity index (χ0) is 13.8. The van der Waals surface area contributed by atoms with E-state index < -0.39 is 0 Å². The quantitative estimate of drug-likeness (QED) is 0.840. The molecule has 1 atom stereocenters. The Morgan fingerprint density at radius 1 is 1.39 bits per heavy atom. The van der Waals surface area contributed by atoms with E-state index in [0.717, 1.165) is 18.5 Å². The molecule has 0 aliphatic carbocycles. The SMILES string of the molecule is CNCC(C)(Cc1ccc(OC)c(F)c1)C(C)C. The third kappa shape index (κ3) is 3.45. The van der Waals surface area contributed by atoms with Gasteiger partial charge in [-0.15, -0.1) is 0 Å². The van der Waals surface area contributed by atoms with Gasteiger partial charge in [0.05, 0.1) is 7.11 Å². The van der Waals surface area contributed by atoms with E-state index in [-0.39, 0.29) is 11.2 Å². The number of methoxy groups -OCH3 is 1. The number of benzene rings is 1. The molecule has 102 valence electrons. The van der Waals surface area contributed by atoms with Gasteiger partial charge >= 0.3 is 0 Å². The number of nitrogens with one attached hydrogen (secondary N) is 1. The van der Waals surface area contributed by atoms with Crippen molar-refractivity contribution in [3.8, 4) is 5.75 Å². The third-order valence-corrected chi connectivity index (χ3v) is 3.80. The Labute approximate surface area is 110 Å². The van der Waals surface area contributed by atoms with Crippen molar-refractivity contribution in [3.05, 3.63) is 29.6 Å². The Bertz CT molecular complexity index is 392. The average Bonchev–Trinajstić information content (AvgIpc) is 2.29. The van der Waals surface area contributed by atoms with Crippen LogP contribution >= 0.6 is 0 Å². The monoisotopic (exact) mass is 253 g/mol. The molecule has 0 aromatic heterocycles. The molecule has 3 heteroatoms. The van der Waals surface area contributed by atoms with Gasteiger partial charge in [-0.1, -0.05) is 26.8 Å². The van der Waals surface area contributed by atoms with Crippen LogP contribution in [0.2, 0.25) is 0 Å². The van der Waals surface area contributed by atoms with Crippen LogP contribution < -0.4 is 10.1 Å². The van der Waals surface area contributed by atoms with Crippen molar-refractivity contribution < 1.29 is 9.13 Å². The molecule has 1 aromatic carbocycles. The van der Waals surface area contributed by atoms with E-state index in [1.165, 1.54) is 7.11 Å². The first-order valence-electron chi connectivity index (χ1n) is 6.40. The molecule has 2 nitrogen and oxygen atoms in total. The van der Waals surface area contributed by atoms with Crippen molar-refractivity contribution in [2.75, 3.05) is 20.7 Å². The molecular formula is C15H24FNO. The summed E-state index contributed by atoms with van der Waals surface area (Å²) in [6.45, 7) is 7.56. The molecular weight excluding hydrogens is 229 g/mol. The molecule has 0 spiro atoms. The molecule has 0 saturated heterocycles. The maximum absolute atomic E-state index is 13.7. The molecule has 18 heavy (non-hydrogen) atoms. The van der Waals surface area contributed by atoms with Gasteiger partial charge in [-0.25, -0.2) is 4.39 Å². The second-order valence-electron chi connectivity index (χ2n) is 5.48. The van der Waals surface area contributed by atoms with E-state index in [4.69, 9.17) is 4.74 Å². The Balaban J connectivity index is 2.91. The predicted octanol–water partition coefficient (Wildman–Crippen LogP) is 3.26. The number of hydrogen-bond acceptors (Lipinski definition) is 2. The Hall–Kier alpha value is -1.09. The lowest BCUT2D eigenvalue weighted by molar-refractivity contribution is 0.212. The number of hydrogen-bond donors (Lipinski definition) is 1. The summed E-state index contributed by atoms with van der Waals surface area (Å²) in [7, 11) is 3.44. The summed E-state index contributed by atoms with van der Waals surface area (Å²) in [5.41, 5.74) is 1.13. The molecule has 1 unspecified atom stereocenters. The number of rotatable bonds is 6. The van der Waals surface area contributed by atoms with Gasteiger partial charge in [0, 0.05) is 6.54 Å². The Morgan fingerprint density at radius 2 is 2.06 bits per heavy atom. The lowest BCUT2D eigenvalue weighted by Gasteiger charge is -2.34. The molecule has 0 heterocycles. The highest BCUT2D eigenvalue weighted by molar-refractivity contribution is 5.30. The fourth-order valence-electron chi connectivity index (χ4n) is 2.16. The lowest BCUT2D eigenvalue weighted by Crippen LogP contribution is -2.36. The van der Waals surface area contributed by atoms with Crippen LogP contribution in [0, 0.1) is 17.2 Å². The largest absolute Gasteiger partial charge is 0.494 e. The molecule has 0 bridgehead atoms. The van der Waals surface area contributed by atoms with Gasteiger partial charge in [-0.3, -0.25) is 0 Å². The first-order valence-corrected chi connectivity index (χ1v) is 6.40. The topological polar surface area (TPSA) is 21.3 Å². The van der Waals surface area contributed by atoms with Crippen molar-refractivity contribution in [3.63, 3.8) is 0 Å². The van der Waals surface area contributed by atoms with Crippen LogP contribution in [0.4, 0.5) is 4.39 Å². The fraction of sp³-hybridized carbons (Fsp3) is 0.600. The highest BCUT2D eigenvalue weighted by Gasteiger charge is 2.28. The summed E-state index contributed by atoms with van der Waals surface area (Å²) in [5.74, 6) is 0.541. The van der Waals surface area contributed by atoms with Gasteiger partial charge < -0.3 is 10.1 Å². The number of ether oxygens (including phenoxy) is 1. The molecule has 1 rings (SSSR count). The molecule has 1 N–H and O–H groups in total. The van der Waals surface area contributed by atoms with Gasteiger partial charge in [-0.05, 0) is 42.5 Å². The van der Waals surface area contributed by atoms with Crippen LogP contribution in [0.3, 0.4) is 0 Å². The summed E-state index contributed by atoms with van der Waals surface area (Å²) in [6, 6.07) is 5.22. The molecule has 0 fully saturated rings. The third-order valence-electron chi connectivity index (χ3n) is 3.80. The molecule has 0 radical (unpaired) electrons. The minimum Gasteiger partial charge on any atom is -0.494 e. The van der Waals surface area contributed by atoms with Crippen LogP contribution in [-0.4, -0.2) is 20.7 Å². The van der Waals surface area contributed by atoms with E-state index in [0.29, 0.717) is 11.7 Å². The van der Waals surface area contributed by atoms with E-state index in [1.807, 2.05) is 13.1 Å². The van der Waals surface area contributed by atoms with Crippen LogP contribution in [0.1, 0.15) is 26.3 Å². The van der Waals surface area contributed by atoms with E-state index in [2.05, 4.69) is 26.1 Å². The van der Waals surface area contributed by atoms with E-state index in [1.54, 1.807) is 12.1 Å². The standard InChI is InChI=1S/C15H24FNO/c1-11(2)15(3,10-17-4)9-12-6-7-14(18-5)13(16)8-12/h6-8,11,17H,9-10H2,1-5H3. The van der Waals surface area contributed by atoms with Gasteiger partial charge in [0.25, 0.3) is 0 Å². The van der Waals surface area contributed by atoms with Crippen LogP contribution in [0.15, 0.2) is 18.2 Å². The van der Waals surface area contributed by atoms with Gasteiger partial charge in [0.2, 0.25) is 0 Å². The zero-order valence-corrected chi connectivity index (χ0v) is 12.0. The highest BCUT2D eigenvalue weighted by atomic mass is 19.1. The van der Waals surface area contributed by atoms with Crippen LogP contribution in [-0.2, 0) is 6.42 Å². The normalized spacial score (nSPS) is 14.6.